The Bertz CT molecular complexity index is 785. The molecule has 0 aromatic heterocycles. The van der Waals surface area contributed by atoms with Gasteiger partial charge < -0.3 is 14.4 Å². The molecule has 5 nitrogen and oxygen atoms in total. The third-order valence-corrected chi connectivity index (χ3v) is 4.38. The van der Waals surface area contributed by atoms with Gasteiger partial charge >= 0.3 is 5.97 Å². The maximum Gasteiger partial charge on any atom is 0.337 e. The van der Waals surface area contributed by atoms with Crippen molar-refractivity contribution in [3.05, 3.63) is 59.7 Å². The van der Waals surface area contributed by atoms with Crippen LogP contribution in [0.1, 0.15) is 29.8 Å². The Morgan fingerprint density at radius 2 is 1.80 bits per heavy atom. The number of anilines is 1. The molecule has 2 atom stereocenters. The molecule has 2 aromatic carbocycles. The van der Waals surface area contributed by atoms with Gasteiger partial charge in [0.15, 0.2) is 6.10 Å². The predicted molar refractivity (Wildman–Crippen MR) is 95.0 cm³/mol. The summed E-state index contributed by atoms with van der Waals surface area (Å²) in [5, 5.41) is 0. The number of nitrogens with zero attached hydrogens (tertiary/aromatic N) is 1. The summed E-state index contributed by atoms with van der Waals surface area (Å²) in [6, 6.07) is 14.6. The van der Waals surface area contributed by atoms with Gasteiger partial charge in [0.2, 0.25) is 0 Å². The van der Waals surface area contributed by atoms with E-state index in [0.29, 0.717) is 11.3 Å². The Kier molecular flexibility index (Phi) is 4.74. The molecule has 0 unspecified atom stereocenters. The van der Waals surface area contributed by atoms with Crippen LogP contribution in [0, 0.1) is 0 Å². The van der Waals surface area contributed by atoms with Crippen LogP contribution in [0.15, 0.2) is 48.5 Å². The van der Waals surface area contributed by atoms with Gasteiger partial charge in [-0.1, -0.05) is 18.2 Å². The molecule has 130 valence electrons. The van der Waals surface area contributed by atoms with Crippen LogP contribution in [-0.4, -0.2) is 31.1 Å². The van der Waals surface area contributed by atoms with E-state index in [-0.39, 0.29) is 11.9 Å². The summed E-state index contributed by atoms with van der Waals surface area (Å²) >= 11 is 0. The smallest absolute Gasteiger partial charge is 0.337 e. The second-order valence-corrected chi connectivity index (χ2v) is 6.17. The highest BCUT2D eigenvalue weighted by atomic mass is 16.5. The zero-order valence-corrected chi connectivity index (χ0v) is 14.6. The van der Waals surface area contributed by atoms with Crippen LogP contribution in [0.3, 0.4) is 0 Å². The van der Waals surface area contributed by atoms with Gasteiger partial charge in [0.25, 0.3) is 5.91 Å². The summed E-state index contributed by atoms with van der Waals surface area (Å²) in [7, 11) is 1.34. The molecule has 2 aromatic rings. The number of methoxy groups -OCH3 is 1. The molecular weight excluding hydrogens is 318 g/mol. The molecule has 0 saturated carbocycles. The van der Waals surface area contributed by atoms with Crippen molar-refractivity contribution >= 4 is 17.6 Å². The van der Waals surface area contributed by atoms with Crippen molar-refractivity contribution in [1.29, 1.82) is 0 Å². The average Bonchev–Trinajstić information content (AvgIpc) is 2.96. The molecule has 1 aliphatic rings. The van der Waals surface area contributed by atoms with Crippen molar-refractivity contribution in [2.45, 2.75) is 32.4 Å². The third-order valence-electron chi connectivity index (χ3n) is 4.38. The number of amides is 1. The highest BCUT2D eigenvalue weighted by Gasteiger charge is 2.33. The first-order valence-electron chi connectivity index (χ1n) is 8.27. The lowest BCUT2D eigenvalue weighted by Gasteiger charge is -2.26. The molecule has 0 bridgehead atoms. The van der Waals surface area contributed by atoms with Crippen LogP contribution in [-0.2, 0) is 16.0 Å². The predicted octanol–water partition coefficient (Wildman–Crippen LogP) is 3.22. The number of carbonyl (C=O) groups is 2. The van der Waals surface area contributed by atoms with Crippen molar-refractivity contribution in [3.8, 4) is 5.75 Å². The fourth-order valence-electron chi connectivity index (χ4n) is 3.14. The van der Waals surface area contributed by atoms with Crippen molar-refractivity contribution < 1.29 is 19.1 Å². The Hall–Kier alpha value is -2.82. The molecule has 3 rings (SSSR count). The van der Waals surface area contributed by atoms with Gasteiger partial charge in [-0.15, -0.1) is 0 Å². The molecule has 25 heavy (non-hydrogen) atoms. The van der Waals surface area contributed by atoms with E-state index in [2.05, 4.69) is 10.8 Å². The number of fused-ring (bicyclic) bond motifs is 1. The second kappa shape index (κ2) is 6.97. The minimum absolute atomic E-state index is 0.0745. The molecule has 1 amide bonds. The molecule has 0 spiro atoms. The standard InChI is InChI=1S/C20H21NO4/c1-13-12-16-6-4-5-7-18(16)21(13)19(22)14(2)25-17-10-8-15(9-11-17)20(23)24-3/h4-11,13-14H,12H2,1-3H3/t13-,14+/m1/s1. The summed E-state index contributed by atoms with van der Waals surface area (Å²) in [6.45, 7) is 3.78. The molecule has 0 fully saturated rings. The molecule has 1 heterocycles. The largest absolute Gasteiger partial charge is 0.481 e. The minimum Gasteiger partial charge on any atom is -0.481 e. The van der Waals surface area contributed by atoms with Crippen LogP contribution in [0.5, 0.6) is 5.75 Å². The number of benzene rings is 2. The lowest BCUT2D eigenvalue weighted by Crippen LogP contribution is -2.43. The first-order valence-corrected chi connectivity index (χ1v) is 8.27. The lowest BCUT2D eigenvalue weighted by molar-refractivity contribution is -0.124. The molecule has 0 aliphatic carbocycles. The van der Waals surface area contributed by atoms with Crippen molar-refractivity contribution in [2.75, 3.05) is 12.0 Å². The number of hydrogen-bond donors (Lipinski definition) is 0. The number of para-hydroxylation sites is 1. The van der Waals surface area contributed by atoms with Crippen LogP contribution >= 0.6 is 0 Å². The molecule has 0 radical (unpaired) electrons. The monoisotopic (exact) mass is 339 g/mol. The first kappa shape index (κ1) is 17.0. The Morgan fingerprint density at radius 1 is 1.12 bits per heavy atom. The zero-order valence-electron chi connectivity index (χ0n) is 14.6. The summed E-state index contributed by atoms with van der Waals surface area (Å²) in [6.07, 6.45) is 0.222. The summed E-state index contributed by atoms with van der Waals surface area (Å²) in [5.74, 6) is 0.0568. The maximum atomic E-state index is 12.9. The number of hydrogen-bond acceptors (Lipinski definition) is 4. The van der Waals surface area contributed by atoms with Crippen LogP contribution in [0.25, 0.3) is 0 Å². The molecule has 5 heteroatoms. The number of rotatable bonds is 4. The quantitative estimate of drug-likeness (QED) is 0.803. The topological polar surface area (TPSA) is 55.8 Å². The number of carbonyl (C=O) groups excluding carboxylic acids is 2. The molecule has 1 aliphatic heterocycles. The summed E-state index contributed by atoms with van der Waals surface area (Å²) < 4.78 is 10.4. The van der Waals surface area contributed by atoms with Crippen molar-refractivity contribution in [1.82, 2.24) is 0 Å². The van der Waals surface area contributed by atoms with Crippen molar-refractivity contribution in [3.63, 3.8) is 0 Å². The Morgan fingerprint density at radius 3 is 2.48 bits per heavy atom. The average molecular weight is 339 g/mol. The van der Waals surface area contributed by atoms with E-state index in [4.69, 9.17) is 4.74 Å². The van der Waals surface area contributed by atoms with E-state index in [1.807, 2.05) is 30.0 Å². The number of ether oxygens (including phenoxy) is 2. The minimum atomic E-state index is -0.627. The third kappa shape index (κ3) is 3.36. The van der Waals surface area contributed by atoms with Gasteiger partial charge in [0, 0.05) is 11.7 Å². The van der Waals surface area contributed by atoms with Gasteiger partial charge in [-0.3, -0.25) is 4.79 Å². The highest BCUT2D eigenvalue weighted by Crippen LogP contribution is 2.32. The van der Waals surface area contributed by atoms with Gasteiger partial charge in [0.05, 0.1) is 12.7 Å². The maximum absolute atomic E-state index is 12.9. The van der Waals surface area contributed by atoms with Gasteiger partial charge in [-0.2, -0.15) is 0 Å². The van der Waals surface area contributed by atoms with E-state index < -0.39 is 12.1 Å². The Labute approximate surface area is 147 Å². The highest BCUT2D eigenvalue weighted by molar-refractivity contribution is 5.99. The second-order valence-electron chi connectivity index (χ2n) is 6.17. The fourth-order valence-corrected chi connectivity index (χ4v) is 3.14. The Balaban J connectivity index is 1.72. The molecule has 0 N–H and O–H groups in total. The van der Waals surface area contributed by atoms with Crippen molar-refractivity contribution in [2.24, 2.45) is 0 Å². The zero-order chi connectivity index (χ0) is 18.0. The van der Waals surface area contributed by atoms with Crippen LogP contribution in [0.4, 0.5) is 5.69 Å². The van der Waals surface area contributed by atoms with E-state index in [1.54, 1.807) is 31.2 Å². The first-order chi connectivity index (χ1) is 12.0. The van der Waals surface area contributed by atoms with Gasteiger partial charge in [0.1, 0.15) is 5.75 Å². The number of esters is 1. The summed E-state index contributed by atoms with van der Waals surface area (Å²) in [5.41, 5.74) is 2.57. The fraction of sp³-hybridized carbons (Fsp3) is 0.300. The molecular formula is C20H21NO4. The normalized spacial score (nSPS) is 16.9. The van der Waals surface area contributed by atoms with Gasteiger partial charge in [-0.25, -0.2) is 4.79 Å². The van der Waals surface area contributed by atoms with Gasteiger partial charge in [-0.05, 0) is 56.2 Å². The van der Waals surface area contributed by atoms with E-state index in [0.717, 1.165) is 12.1 Å². The van der Waals surface area contributed by atoms with E-state index in [1.165, 1.54) is 12.7 Å². The van der Waals surface area contributed by atoms with E-state index in [9.17, 15) is 9.59 Å². The van der Waals surface area contributed by atoms with E-state index >= 15 is 0 Å². The summed E-state index contributed by atoms with van der Waals surface area (Å²) in [4.78, 5) is 26.1. The molecule has 0 saturated heterocycles. The lowest BCUT2D eigenvalue weighted by atomic mass is 10.1. The SMILES string of the molecule is COC(=O)c1ccc(O[C@@H](C)C(=O)N2c3ccccc3C[C@H]2C)cc1. The van der Waals surface area contributed by atoms with Crippen LogP contribution < -0.4 is 9.64 Å². The van der Waals surface area contributed by atoms with Crippen LogP contribution in [0.2, 0.25) is 0 Å².